The maximum atomic E-state index is 12.3. The van der Waals surface area contributed by atoms with E-state index in [4.69, 9.17) is 9.47 Å². The van der Waals surface area contributed by atoms with Crippen molar-refractivity contribution in [1.29, 1.82) is 0 Å². The highest BCUT2D eigenvalue weighted by atomic mass is 16.5. The fraction of sp³-hybridized carbons (Fsp3) is 0.632. The second-order valence-corrected chi connectivity index (χ2v) is 6.80. The Balaban J connectivity index is 2.26. The Labute approximate surface area is 138 Å². The van der Waals surface area contributed by atoms with Crippen molar-refractivity contribution < 1.29 is 14.3 Å². The van der Waals surface area contributed by atoms with Gasteiger partial charge in [0.25, 0.3) is 0 Å². The quantitative estimate of drug-likeness (QED) is 0.927. The molecule has 3 unspecified atom stereocenters. The molecule has 3 atom stereocenters. The van der Waals surface area contributed by atoms with Gasteiger partial charge in [-0.2, -0.15) is 0 Å². The third-order valence-corrected chi connectivity index (χ3v) is 6.01. The van der Waals surface area contributed by atoms with Gasteiger partial charge in [0.15, 0.2) is 11.5 Å². The van der Waals surface area contributed by atoms with Gasteiger partial charge in [-0.25, -0.2) is 0 Å². The van der Waals surface area contributed by atoms with Crippen LogP contribution >= 0.6 is 0 Å². The number of carbonyl (C=O) groups excluding carboxylic acids is 1. The summed E-state index contributed by atoms with van der Waals surface area (Å²) in [6, 6.07) is 4.54. The first-order chi connectivity index (χ1) is 11.1. The Morgan fingerprint density at radius 1 is 1.30 bits per heavy atom. The zero-order valence-corrected chi connectivity index (χ0v) is 14.6. The highest BCUT2D eigenvalue weighted by Gasteiger charge is 2.52. The molecule has 1 N–H and O–H groups in total. The Kier molecular flexibility index (Phi) is 4.37. The van der Waals surface area contributed by atoms with Crippen LogP contribution in [0.3, 0.4) is 0 Å². The van der Waals surface area contributed by atoms with Crippen molar-refractivity contribution in [3.8, 4) is 11.5 Å². The van der Waals surface area contributed by atoms with Crippen molar-refractivity contribution in [2.45, 2.75) is 50.5 Å². The van der Waals surface area contributed by atoms with Crippen LogP contribution in [0.4, 0.5) is 0 Å². The topological polar surface area (TPSA) is 47.6 Å². The summed E-state index contributed by atoms with van der Waals surface area (Å²) < 4.78 is 11.3. The number of ketones is 1. The van der Waals surface area contributed by atoms with E-state index >= 15 is 0 Å². The summed E-state index contributed by atoms with van der Waals surface area (Å²) >= 11 is 0. The molecule has 0 aliphatic heterocycles. The molecule has 23 heavy (non-hydrogen) atoms. The highest BCUT2D eigenvalue weighted by molar-refractivity contribution is 5.82. The molecule has 1 aromatic carbocycles. The number of fused-ring (bicyclic) bond motifs is 3. The molecule has 3 rings (SSSR count). The van der Waals surface area contributed by atoms with Crippen molar-refractivity contribution in [2.75, 3.05) is 21.3 Å². The Bertz CT molecular complexity index is 613. The molecule has 126 valence electrons. The molecule has 0 spiro atoms. The van der Waals surface area contributed by atoms with Crippen LogP contribution in [0.15, 0.2) is 12.1 Å². The molecular weight excluding hydrogens is 290 g/mol. The van der Waals surface area contributed by atoms with E-state index in [-0.39, 0.29) is 5.41 Å². The summed E-state index contributed by atoms with van der Waals surface area (Å²) in [5.74, 6) is 2.42. The minimum Gasteiger partial charge on any atom is -0.493 e. The highest BCUT2D eigenvalue weighted by Crippen LogP contribution is 2.55. The number of ether oxygens (including phenoxy) is 2. The number of hydrogen-bond acceptors (Lipinski definition) is 4. The minimum atomic E-state index is -0.142. The normalized spacial score (nSPS) is 29.7. The number of nitrogens with one attached hydrogen (secondary N) is 1. The molecule has 0 bridgehead atoms. The number of benzene rings is 1. The predicted octanol–water partition coefficient (Wildman–Crippen LogP) is 2.86. The van der Waals surface area contributed by atoms with Gasteiger partial charge in [0, 0.05) is 29.9 Å². The first-order valence-corrected chi connectivity index (χ1v) is 8.54. The van der Waals surface area contributed by atoms with Crippen molar-refractivity contribution in [3.63, 3.8) is 0 Å². The summed E-state index contributed by atoms with van der Waals surface area (Å²) in [6.07, 6.45) is 4.19. The standard InChI is InChI=1S/C19H27NO3/c1-5-19-11-13(21)7-8-14(19)15(20-2)10-12-6-9-16(22-3)18(23-4)17(12)19/h6,9,14-15,20H,5,7-8,10-11H2,1-4H3. The maximum Gasteiger partial charge on any atom is 0.164 e. The van der Waals surface area contributed by atoms with Crippen LogP contribution in [0.25, 0.3) is 0 Å². The first kappa shape index (κ1) is 16.3. The van der Waals surface area contributed by atoms with Crippen LogP contribution < -0.4 is 14.8 Å². The third kappa shape index (κ3) is 2.35. The Morgan fingerprint density at radius 3 is 2.70 bits per heavy atom. The van der Waals surface area contributed by atoms with Gasteiger partial charge < -0.3 is 14.8 Å². The van der Waals surface area contributed by atoms with Crippen LogP contribution in [-0.2, 0) is 16.6 Å². The average molecular weight is 317 g/mol. The van der Waals surface area contributed by atoms with Gasteiger partial charge in [0.2, 0.25) is 0 Å². The lowest BCUT2D eigenvalue weighted by Gasteiger charge is -2.51. The molecule has 0 aromatic heterocycles. The van der Waals surface area contributed by atoms with Crippen molar-refractivity contribution in [2.24, 2.45) is 5.92 Å². The van der Waals surface area contributed by atoms with Crippen molar-refractivity contribution in [3.05, 3.63) is 23.3 Å². The SMILES string of the molecule is CCC12CC(=O)CCC1C(NC)Cc1ccc(OC)c(OC)c12. The zero-order valence-electron chi connectivity index (χ0n) is 14.6. The van der Waals surface area contributed by atoms with E-state index in [1.807, 2.05) is 13.1 Å². The second-order valence-electron chi connectivity index (χ2n) is 6.80. The Hall–Kier alpha value is -1.55. The number of rotatable bonds is 4. The number of methoxy groups -OCH3 is 2. The van der Waals surface area contributed by atoms with E-state index in [1.165, 1.54) is 11.1 Å². The summed E-state index contributed by atoms with van der Waals surface area (Å²) in [5, 5.41) is 3.50. The predicted molar refractivity (Wildman–Crippen MR) is 90.4 cm³/mol. The van der Waals surface area contributed by atoms with Gasteiger partial charge in [0.1, 0.15) is 5.78 Å². The Morgan fingerprint density at radius 2 is 2.09 bits per heavy atom. The molecule has 1 fully saturated rings. The van der Waals surface area contributed by atoms with Gasteiger partial charge in [-0.3, -0.25) is 4.79 Å². The zero-order chi connectivity index (χ0) is 16.6. The number of likely N-dealkylation sites (N-methyl/N-ethyl adjacent to an activating group) is 1. The summed E-state index contributed by atoms with van der Waals surface area (Å²) in [5.41, 5.74) is 2.36. The lowest BCUT2D eigenvalue weighted by molar-refractivity contribution is -0.124. The number of Topliss-reactive ketones (excluding diaryl/α,β-unsaturated/α-hetero) is 1. The van der Waals surface area contributed by atoms with Crippen molar-refractivity contribution in [1.82, 2.24) is 5.32 Å². The number of carbonyl (C=O) groups is 1. The van der Waals surface area contributed by atoms with E-state index in [1.54, 1.807) is 14.2 Å². The average Bonchev–Trinajstić information content (AvgIpc) is 2.59. The van der Waals surface area contributed by atoms with E-state index in [0.29, 0.717) is 30.6 Å². The van der Waals surface area contributed by atoms with Crippen LogP contribution in [0.5, 0.6) is 11.5 Å². The van der Waals surface area contributed by atoms with Gasteiger partial charge >= 0.3 is 0 Å². The van der Waals surface area contributed by atoms with Crippen LogP contribution in [-0.4, -0.2) is 33.1 Å². The van der Waals surface area contributed by atoms with E-state index in [0.717, 1.165) is 30.8 Å². The second kappa shape index (κ2) is 6.16. The van der Waals surface area contributed by atoms with Gasteiger partial charge in [-0.15, -0.1) is 0 Å². The molecule has 4 heteroatoms. The molecule has 0 saturated heterocycles. The van der Waals surface area contributed by atoms with Crippen LogP contribution in [0.2, 0.25) is 0 Å². The monoisotopic (exact) mass is 317 g/mol. The maximum absolute atomic E-state index is 12.3. The minimum absolute atomic E-state index is 0.142. The lowest BCUT2D eigenvalue weighted by Crippen LogP contribution is -2.54. The largest absolute Gasteiger partial charge is 0.493 e. The number of hydrogen-bond donors (Lipinski definition) is 1. The molecular formula is C19H27NO3. The third-order valence-electron chi connectivity index (χ3n) is 6.01. The fourth-order valence-electron chi connectivity index (χ4n) is 4.95. The molecule has 0 amide bonds. The van der Waals surface area contributed by atoms with Gasteiger partial charge in [0.05, 0.1) is 14.2 Å². The summed E-state index contributed by atoms with van der Waals surface area (Å²) in [4.78, 5) is 12.3. The van der Waals surface area contributed by atoms with Crippen molar-refractivity contribution >= 4 is 5.78 Å². The summed E-state index contributed by atoms with van der Waals surface area (Å²) in [7, 11) is 5.41. The molecule has 2 aliphatic rings. The van der Waals surface area contributed by atoms with Crippen LogP contribution in [0, 0.1) is 5.92 Å². The molecule has 0 radical (unpaired) electrons. The molecule has 4 nitrogen and oxygen atoms in total. The lowest BCUT2D eigenvalue weighted by atomic mass is 9.54. The summed E-state index contributed by atoms with van der Waals surface area (Å²) in [6.45, 7) is 2.20. The smallest absolute Gasteiger partial charge is 0.164 e. The van der Waals surface area contributed by atoms with Gasteiger partial charge in [-0.1, -0.05) is 13.0 Å². The molecule has 1 aromatic rings. The van der Waals surface area contributed by atoms with E-state index in [9.17, 15) is 4.79 Å². The molecule has 1 saturated carbocycles. The van der Waals surface area contributed by atoms with E-state index in [2.05, 4.69) is 18.3 Å². The van der Waals surface area contributed by atoms with Gasteiger partial charge in [-0.05, 0) is 43.9 Å². The van der Waals surface area contributed by atoms with Crippen LogP contribution in [0.1, 0.15) is 43.7 Å². The fourth-order valence-corrected chi connectivity index (χ4v) is 4.95. The molecule has 0 heterocycles. The molecule has 2 aliphatic carbocycles. The first-order valence-electron chi connectivity index (χ1n) is 8.54. The van der Waals surface area contributed by atoms with E-state index < -0.39 is 0 Å².